The van der Waals surface area contributed by atoms with Crippen LogP contribution in [0.4, 0.5) is 0 Å². The first kappa shape index (κ1) is 57.7. The van der Waals surface area contributed by atoms with Gasteiger partial charge < -0.3 is 40.0 Å². The molecule has 0 aromatic heterocycles. The van der Waals surface area contributed by atoms with Crippen LogP contribution in [0.1, 0.15) is 126 Å². The zero-order chi connectivity index (χ0) is 49.3. The van der Waals surface area contributed by atoms with Gasteiger partial charge in [0, 0.05) is 75.8 Å². The van der Waals surface area contributed by atoms with Gasteiger partial charge in [0.2, 0.25) is 23.6 Å². The Bertz CT molecular complexity index is 1690. The highest BCUT2D eigenvalue weighted by Gasteiger charge is 2.20. The molecule has 3 aromatic carbocycles. The lowest BCUT2D eigenvalue weighted by Gasteiger charge is -2.30. The van der Waals surface area contributed by atoms with Crippen LogP contribution < -0.4 is 21.3 Å². The highest BCUT2D eigenvalue weighted by atomic mass is 16.2. The van der Waals surface area contributed by atoms with Crippen molar-refractivity contribution in [1.82, 2.24) is 20.4 Å². The summed E-state index contributed by atoms with van der Waals surface area (Å²) in [5, 5.41) is 10.6. The Morgan fingerprint density at radius 1 is 0.456 bits per heavy atom. The number of carbonyl (C=O) groups is 4. The third kappa shape index (κ3) is 26.8. The molecule has 0 radical (unpaired) electrons. The summed E-state index contributed by atoms with van der Waals surface area (Å²) < 4.78 is 1.91. The molecule has 0 unspecified atom stereocenters. The zero-order valence-corrected chi connectivity index (χ0v) is 43.5. The van der Waals surface area contributed by atoms with E-state index in [-0.39, 0.29) is 49.3 Å². The SMILES string of the molecule is CCCCCC[N+](C)(C)CCCNC(=O)CCC(=O)N(CC[NH2+]Cc1ccccc1)Cc1ccc(CN(CC[NH2+]Cc2ccccc2)C(=O)CCC(=O)NCCC[N+](C)(C)CCCCCC)cc1. The van der Waals surface area contributed by atoms with Crippen molar-refractivity contribution in [3.8, 4) is 0 Å². The molecule has 0 heterocycles. The third-order valence-electron chi connectivity index (χ3n) is 13.0. The summed E-state index contributed by atoms with van der Waals surface area (Å²) in [5.41, 5.74) is 4.46. The van der Waals surface area contributed by atoms with Gasteiger partial charge in [-0.15, -0.1) is 0 Å². The minimum absolute atomic E-state index is 0.0319. The predicted octanol–water partition coefficient (Wildman–Crippen LogP) is 5.76. The first-order chi connectivity index (χ1) is 32.8. The van der Waals surface area contributed by atoms with Crippen molar-refractivity contribution in [3.63, 3.8) is 0 Å². The number of quaternary nitrogens is 4. The molecule has 0 saturated carbocycles. The normalized spacial score (nSPS) is 11.6. The molecule has 0 spiro atoms. The fourth-order valence-electron chi connectivity index (χ4n) is 8.60. The number of hydrogen-bond acceptors (Lipinski definition) is 4. The molecule has 12 nitrogen and oxygen atoms in total. The quantitative estimate of drug-likeness (QED) is 0.0431. The molecule has 68 heavy (non-hydrogen) atoms. The number of nitrogens with one attached hydrogen (secondary N) is 2. The number of nitrogens with zero attached hydrogens (tertiary/aromatic N) is 4. The van der Waals surface area contributed by atoms with Crippen LogP contribution in [0, 0.1) is 0 Å². The molecule has 6 N–H and O–H groups in total. The largest absolute Gasteiger partial charge is 0.356 e. The Kier molecular flexibility index (Phi) is 28.7. The van der Waals surface area contributed by atoms with Crippen molar-refractivity contribution in [2.75, 3.05) is 93.6 Å². The number of rotatable bonds is 38. The first-order valence-electron chi connectivity index (χ1n) is 26.3. The van der Waals surface area contributed by atoms with Gasteiger partial charge in [-0.05, 0) is 36.8 Å². The third-order valence-corrected chi connectivity index (χ3v) is 13.0. The molecule has 0 saturated heterocycles. The van der Waals surface area contributed by atoms with Crippen LogP contribution in [-0.2, 0) is 45.4 Å². The number of carbonyl (C=O) groups excluding carboxylic acids is 4. The lowest BCUT2D eigenvalue weighted by Crippen LogP contribution is -2.84. The Hall–Kier alpha value is -4.62. The summed E-state index contributed by atoms with van der Waals surface area (Å²) in [6, 6.07) is 28.8. The molecule has 3 rings (SSSR count). The van der Waals surface area contributed by atoms with E-state index in [9.17, 15) is 19.2 Å². The van der Waals surface area contributed by atoms with Gasteiger partial charge in [-0.25, -0.2) is 0 Å². The highest BCUT2D eigenvalue weighted by molar-refractivity contribution is 5.84. The van der Waals surface area contributed by atoms with Gasteiger partial charge in [-0.1, -0.05) is 124 Å². The second-order valence-electron chi connectivity index (χ2n) is 20.3. The lowest BCUT2D eigenvalue weighted by atomic mass is 10.1. The van der Waals surface area contributed by atoms with E-state index >= 15 is 0 Å². The summed E-state index contributed by atoms with van der Waals surface area (Å²) in [4.78, 5) is 57.0. The number of hydrogen-bond donors (Lipinski definition) is 4. The fourth-order valence-corrected chi connectivity index (χ4v) is 8.60. The van der Waals surface area contributed by atoms with Crippen molar-refractivity contribution in [1.29, 1.82) is 0 Å². The summed E-state index contributed by atoms with van der Waals surface area (Å²) in [6.45, 7) is 15.2. The molecule has 0 aliphatic rings. The average Bonchev–Trinajstić information content (AvgIpc) is 3.33. The van der Waals surface area contributed by atoms with Gasteiger partial charge in [0.15, 0.2) is 0 Å². The van der Waals surface area contributed by atoms with Crippen molar-refractivity contribution in [2.24, 2.45) is 0 Å². The average molecular weight is 943 g/mol. The molecular formula is C56H94N8O4+4. The van der Waals surface area contributed by atoms with Gasteiger partial charge in [0.05, 0.1) is 80.5 Å². The van der Waals surface area contributed by atoms with Crippen LogP contribution >= 0.6 is 0 Å². The monoisotopic (exact) mass is 943 g/mol. The number of benzene rings is 3. The molecule has 0 fully saturated rings. The van der Waals surface area contributed by atoms with E-state index in [1.807, 2.05) is 70.5 Å². The van der Waals surface area contributed by atoms with Crippen molar-refractivity contribution in [2.45, 2.75) is 130 Å². The maximum absolute atomic E-state index is 13.8. The summed E-state index contributed by atoms with van der Waals surface area (Å²) in [7, 11) is 9.05. The maximum Gasteiger partial charge on any atom is 0.223 e. The van der Waals surface area contributed by atoms with E-state index in [0.717, 1.165) is 85.3 Å². The van der Waals surface area contributed by atoms with Gasteiger partial charge in [-0.2, -0.15) is 0 Å². The topological polar surface area (TPSA) is 132 Å². The molecule has 0 aliphatic carbocycles. The molecule has 378 valence electrons. The Morgan fingerprint density at radius 3 is 1.19 bits per heavy atom. The van der Waals surface area contributed by atoms with Gasteiger partial charge in [0.1, 0.15) is 13.1 Å². The Labute approximate surface area is 412 Å². The molecule has 3 aromatic rings. The Morgan fingerprint density at radius 2 is 0.824 bits per heavy atom. The summed E-state index contributed by atoms with van der Waals surface area (Å²) >= 11 is 0. The van der Waals surface area contributed by atoms with Gasteiger partial charge in [0.25, 0.3) is 0 Å². The van der Waals surface area contributed by atoms with E-state index in [0.29, 0.717) is 39.3 Å². The van der Waals surface area contributed by atoms with Crippen molar-refractivity contribution < 1.29 is 38.8 Å². The molecular weight excluding hydrogens is 849 g/mol. The van der Waals surface area contributed by atoms with Crippen LogP contribution in [0.25, 0.3) is 0 Å². The van der Waals surface area contributed by atoms with E-state index < -0.39 is 0 Å². The molecule has 0 atom stereocenters. The van der Waals surface area contributed by atoms with E-state index in [2.05, 4.69) is 87.6 Å². The van der Waals surface area contributed by atoms with E-state index in [1.54, 1.807) is 0 Å². The standard InChI is InChI=1S/C56H90N8O4/c1-7-9-11-19-41-63(3,4)43-21-35-59-53(65)31-33-55(67)61(39-37-57-45-49-23-15-13-16-24-49)47-51-27-29-52(30-28-51)48-62(40-38-58-46-50-25-17-14-18-26-50)56(68)34-32-54(66)60-36-22-44-64(5,6)42-20-12-10-8-2/h13-18,23-30,57-58H,7-12,19-22,31-48H2,1-6H3/p+4. The predicted molar refractivity (Wildman–Crippen MR) is 277 cm³/mol. The smallest absolute Gasteiger partial charge is 0.223 e. The number of unbranched alkanes of at least 4 members (excludes halogenated alkanes) is 6. The number of amides is 4. The highest BCUT2D eigenvalue weighted by Crippen LogP contribution is 2.14. The van der Waals surface area contributed by atoms with Crippen LogP contribution in [0.5, 0.6) is 0 Å². The zero-order valence-electron chi connectivity index (χ0n) is 43.5. The molecule has 4 amide bonds. The van der Waals surface area contributed by atoms with Crippen LogP contribution in [0.15, 0.2) is 84.9 Å². The molecule has 0 aliphatic heterocycles. The fraction of sp³-hybridized carbons (Fsp3) is 0.607. The maximum atomic E-state index is 13.8. The van der Waals surface area contributed by atoms with Crippen molar-refractivity contribution >= 4 is 23.6 Å². The molecule has 0 bridgehead atoms. The minimum Gasteiger partial charge on any atom is -0.356 e. The minimum atomic E-state index is -0.0775. The Balaban J connectivity index is 1.57. The van der Waals surface area contributed by atoms with E-state index in [4.69, 9.17) is 0 Å². The van der Waals surface area contributed by atoms with Crippen LogP contribution in [-0.4, -0.2) is 136 Å². The second kappa shape index (κ2) is 33.8. The van der Waals surface area contributed by atoms with Crippen LogP contribution in [0.3, 0.4) is 0 Å². The van der Waals surface area contributed by atoms with Crippen molar-refractivity contribution in [3.05, 3.63) is 107 Å². The summed E-state index contributed by atoms with van der Waals surface area (Å²) in [5.74, 6) is -0.219. The first-order valence-corrected chi connectivity index (χ1v) is 26.3. The second-order valence-corrected chi connectivity index (χ2v) is 20.3. The van der Waals surface area contributed by atoms with Crippen LogP contribution in [0.2, 0.25) is 0 Å². The van der Waals surface area contributed by atoms with Gasteiger partial charge >= 0.3 is 0 Å². The lowest BCUT2D eigenvalue weighted by molar-refractivity contribution is -0.890. The number of nitrogens with two attached hydrogens (primary N) is 2. The molecule has 12 heteroatoms. The van der Waals surface area contributed by atoms with E-state index in [1.165, 1.54) is 62.5 Å². The summed E-state index contributed by atoms with van der Waals surface area (Å²) in [6.07, 6.45) is 12.5. The van der Waals surface area contributed by atoms with Gasteiger partial charge in [-0.3, -0.25) is 19.2 Å².